The van der Waals surface area contributed by atoms with E-state index in [1.807, 2.05) is 56.4 Å². The Hall–Kier alpha value is -2.09. The molecule has 0 radical (unpaired) electrons. The molecule has 0 atom stereocenters. The van der Waals surface area contributed by atoms with Crippen molar-refractivity contribution in [1.29, 1.82) is 0 Å². The number of rotatable bonds is 17. The Bertz CT molecular complexity index is 600. The maximum atomic E-state index is 12.0. The van der Waals surface area contributed by atoms with Gasteiger partial charge in [0, 0.05) is 5.57 Å². The van der Waals surface area contributed by atoms with E-state index in [4.69, 9.17) is 4.74 Å². The van der Waals surface area contributed by atoms with Gasteiger partial charge in [-0.05, 0) is 38.2 Å². The molecule has 30 heavy (non-hydrogen) atoms. The first-order valence-electron chi connectivity index (χ1n) is 11.9. The van der Waals surface area contributed by atoms with Crippen LogP contribution in [0.3, 0.4) is 0 Å². The van der Waals surface area contributed by atoms with Crippen molar-refractivity contribution in [3.63, 3.8) is 0 Å². The van der Waals surface area contributed by atoms with Crippen LogP contribution in [0.1, 0.15) is 91.9 Å². The summed E-state index contributed by atoms with van der Waals surface area (Å²) in [4.78, 5) is 12.0. The first-order chi connectivity index (χ1) is 14.7. The monoisotopic (exact) mass is 412 g/mol. The highest BCUT2D eigenvalue weighted by Crippen LogP contribution is 2.16. The molecule has 0 amide bonds. The maximum Gasteiger partial charge on any atom is 0.334 e. The zero-order chi connectivity index (χ0) is 22.3. The Balaban J connectivity index is 4.17. The van der Waals surface area contributed by atoms with Gasteiger partial charge in [-0.25, -0.2) is 4.79 Å². The highest BCUT2D eigenvalue weighted by atomic mass is 16.5. The van der Waals surface area contributed by atoms with Gasteiger partial charge in [0.05, 0.1) is 6.61 Å². The van der Waals surface area contributed by atoms with E-state index in [-0.39, 0.29) is 5.97 Å². The minimum Gasteiger partial charge on any atom is -0.463 e. The van der Waals surface area contributed by atoms with Crippen molar-refractivity contribution in [1.82, 2.24) is 0 Å². The van der Waals surface area contributed by atoms with E-state index in [1.165, 1.54) is 51.4 Å². The quantitative estimate of drug-likeness (QED) is 0.103. The van der Waals surface area contributed by atoms with Crippen LogP contribution >= 0.6 is 0 Å². The van der Waals surface area contributed by atoms with Gasteiger partial charge in [-0.3, -0.25) is 0 Å². The topological polar surface area (TPSA) is 26.3 Å². The minimum absolute atomic E-state index is 0.199. The summed E-state index contributed by atoms with van der Waals surface area (Å²) in [6, 6.07) is 0. The molecule has 0 aromatic heterocycles. The molecule has 0 N–H and O–H groups in total. The van der Waals surface area contributed by atoms with E-state index < -0.39 is 0 Å². The predicted octanol–water partition coefficient (Wildman–Crippen LogP) is 8.59. The Kier molecular flexibility index (Phi) is 20.1. The number of hydrogen-bond acceptors (Lipinski definition) is 2. The van der Waals surface area contributed by atoms with Crippen molar-refractivity contribution in [2.24, 2.45) is 0 Å². The fraction of sp³-hybridized carbons (Fsp3) is 0.536. The number of unbranched alkanes of at least 4 members (excludes halogenated alkanes) is 7. The highest BCUT2D eigenvalue weighted by Gasteiger charge is 2.11. The van der Waals surface area contributed by atoms with Crippen LogP contribution in [0.2, 0.25) is 0 Å². The van der Waals surface area contributed by atoms with Gasteiger partial charge in [-0.2, -0.15) is 0 Å². The molecular weight excluding hydrogens is 368 g/mol. The minimum atomic E-state index is -0.199. The lowest BCUT2D eigenvalue weighted by Gasteiger charge is -2.08. The normalized spacial score (nSPS) is 13.5. The van der Waals surface area contributed by atoms with Crippen molar-refractivity contribution in [3.8, 4) is 0 Å². The van der Waals surface area contributed by atoms with E-state index in [1.54, 1.807) is 0 Å². The lowest BCUT2D eigenvalue weighted by molar-refractivity contribution is -0.138. The van der Waals surface area contributed by atoms with E-state index in [0.29, 0.717) is 13.0 Å². The Morgan fingerprint density at radius 3 is 1.80 bits per heavy atom. The molecule has 0 aliphatic rings. The largest absolute Gasteiger partial charge is 0.463 e. The molecule has 0 aliphatic heterocycles. The Morgan fingerprint density at radius 1 is 0.667 bits per heavy atom. The van der Waals surface area contributed by atoms with Crippen molar-refractivity contribution in [2.75, 3.05) is 6.61 Å². The van der Waals surface area contributed by atoms with Gasteiger partial charge >= 0.3 is 5.97 Å². The Labute approximate surface area is 186 Å². The summed E-state index contributed by atoms with van der Waals surface area (Å²) in [5, 5.41) is 0. The molecule has 0 unspecified atom stereocenters. The van der Waals surface area contributed by atoms with Gasteiger partial charge in [0.1, 0.15) is 0 Å². The van der Waals surface area contributed by atoms with Gasteiger partial charge < -0.3 is 4.74 Å². The van der Waals surface area contributed by atoms with Gasteiger partial charge in [-0.1, -0.05) is 120 Å². The van der Waals surface area contributed by atoms with Crippen LogP contribution in [0.25, 0.3) is 0 Å². The SMILES string of the molecule is CCCCCCCCCC=CC=CC=CC=CC=CC(CC)=C(CC)C(=O)OCC. The van der Waals surface area contributed by atoms with Crippen LogP contribution in [0.15, 0.2) is 71.9 Å². The van der Waals surface area contributed by atoms with Crippen molar-refractivity contribution < 1.29 is 9.53 Å². The standard InChI is InChI=1S/C28H44O2/c1-5-9-10-11-12-13-14-15-16-17-18-19-20-21-22-23-24-25-26(6-2)27(7-3)28(29)30-8-4/h16-25H,5-15H2,1-4H3. The first kappa shape index (κ1) is 27.9. The highest BCUT2D eigenvalue weighted by molar-refractivity contribution is 5.89. The molecule has 0 aromatic carbocycles. The molecule has 0 bridgehead atoms. The summed E-state index contributed by atoms with van der Waals surface area (Å²) in [6.45, 7) is 8.56. The second-order valence-electron chi connectivity index (χ2n) is 7.28. The fourth-order valence-electron chi connectivity index (χ4n) is 3.10. The molecule has 168 valence electrons. The number of ether oxygens (including phenoxy) is 1. The third-order valence-electron chi connectivity index (χ3n) is 4.83. The van der Waals surface area contributed by atoms with Crippen LogP contribution in [0.5, 0.6) is 0 Å². The third kappa shape index (κ3) is 15.8. The smallest absolute Gasteiger partial charge is 0.334 e. The van der Waals surface area contributed by atoms with Crippen LogP contribution < -0.4 is 0 Å². The summed E-state index contributed by atoms with van der Waals surface area (Å²) in [6.07, 6.45) is 32.7. The molecule has 0 saturated carbocycles. The van der Waals surface area contributed by atoms with E-state index in [2.05, 4.69) is 32.1 Å². The van der Waals surface area contributed by atoms with Crippen LogP contribution in [-0.4, -0.2) is 12.6 Å². The predicted molar refractivity (Wildman–Crippen MR) is 133 cm³/mol. The molecule has 0 aliphatic carbocycles. The summed E-state index contributed by atoms with van der Waals surface area (Å²) in [7, 11) is 0. The van der Waals surface area contributed by atoms with Crippen LogP contribution in [0.4, 0.5) is 0 Å². The van der Waals surface area contributed by atoms with Gasteiger partial charge in [-0.15, -0.1) is 0 Å². The number of esters is 1. The van der Waals surface area contributed by atoms with E-state index in [0.717, 1.165) is 17.6 Å². The molecule has 2 heteroatoms. The number of carbonyl (C=O) groups excluding carboxylic acids is 1. The molecule has 0 aromatic rings. The van der Waals surface area contributed by atoms with Gasteiger partial charge in [0.2, 0.25) is 0 Å². The summed E-state index contributed by atoms with van der Waals surface area (Å²) in [5.41, 5.74) is 1.81. The van der Waals surface area contributed by atoms with Crippen molar-refractivity contribution in [3.05, 3.63) is 71.9 Å². The van der Waals surface area contributed by atoms with E-state index in [9.17, 15) is 4.79 Å². The molecule has 0 saturated heterocycles. The lowest BCUT2D eigenvalue weighted by atomic mass is 10.0. The van der Waals surface area contributed by atoms with Crippen LogP contribution in [-0.2, 0) is 9.53 Å². The zero-order valence-corrected chi connectivity index (χ0v) is 19.9. The summed E-state index contributed by atoms with van der Waals surface area (Å²) < 4.78 is 5.14. The molecular formula is C28H44O2. The van der Waals surface area contributed by atoms with Gasteiger partial charge in [0.15, 0.2) is 0 Å². The number of hydrogen-bond donors (Lipinski definition) is 0. The molecule has 0 heterocycles. The van der Waals surface area contributed by atoms with E-state index >= 15 is 0 Å². The second kappa shape index (κ2) is 21.6. The lowest BCUT2D eigenvalue weighted by Crippen LogP contribution is -2.09. The van der Waals surface area contributed by atoms with Crippen molar-refractivity contribution in [2.45, 2.75) is 91.9 Å². The van der Waals surface area contributed by atoms with Crippen molar-refractivity contribution >= 4 is 5.97 Å². The third-order valence-corrected chi connectivity index (χ3v) is 4.83. The Morgan fingerprint density at radius 2 is 1.23 bits per heavy atom. The molecule has 2 nitrogen and oxygen atoms in total. The number of carbonyl (C=O) groups is 1. The first-order valence-corrected chi connectivity index (χ1v) is 11.9. The average molecular weight is 413 g/mol. The van der Waals surface area contributed by atoms with Gasteiger partial charge in [0.25, 0.3) is 0 Å². The zero-order valence-electron chi connectivity index (χ0n) is 19.9. The summed E-state index contributed by atoms with van der Waals surface area (Å²) in [5.74, 6) is -0.199. The molecule has 0 fully saturated rings. The van der Waals surface area contributed by atoms with Crippen LogP contribution in [0, 0.1) is 0 Å². The summed E-state index contributed by atoms with van der Waals surface area (Å²) >= 11 is 0. The number of allylic oxidation sites excluding steroid dienone is 11. The maximum absolute atomic E-state index is 12.0. The fourth-order valence-corrected chi connectivity index (χ4v) is 3.10. The molecule has 0 rings (SSSR count). The molecule has 0 spiro atoms. The second-order valence-corrected chi connectivity index (χ2v) is 7.28. The average Bonchev–Trinajstić information content (AvgIpc) is 2.75.